The Balaban J connectivity index is -0.0000000775. The molecular formula is C13H28O5. The van der Waals surface area contributed by atoms with Crippen LogP contribution in [0.25, 0.3) is 0 Å². The molecule has 0 aromatic rings. The summed E-state index contributed by atoms with van der Waals surface area (Å²) >= 11 is 0. The molecule has 0 radical (unpaired) electrons. The Bertz CT molecular complexity index is 180. The van der Waals surface area contributed by atoms with Crippen LogP contribution in [0, 0.1) is 0 Å². The van der Waals surface area contributed by atoms with Crippen LogP contribution in [0.1, 0.15) is 54.9 Å². The van der Waals surface area contributed by atoms with E-state index in [1.54, 1.807) is 6.92 Å². The number of hydrogen-bond acceptors (Lipinski definition) is 5. The number of hydrogen-bond donors (Lipinski definition) is 1. The molecule has 0 aromatic carbocycles. The van der Waals surface area contributed by atoms with Gasteiger partial charge in [0, 0.05) is 13.5 Å². The fourth-order valence-electron chi connectivity index (χ4n) is 0.246. The van der Waals surface area contributed by atoms with E-state index >= 15 is 0 Å². The average Bonchev–Trinajstić information content (AvgIpc) is 2.14. The zero-order valence-electron chi connectivity index (χ0n) is 12.7. The van der Waals surface area contributed by atoms with Crippen LogP contribution in [-0.2, 0) is 19.1 Å². The molecule has 0 unspecified atom stereocenters. The van der Waals surface area contributed by atoms with Crippen LogP contribution < -0.4 is 0 Å². The van der Waals surface area contributed by atoms with Crippen molar-refractivity contribution in [3.05, 3.63) is 0 Å². The first kappa shape index (κ1) is 25.6. The van der Waals surface area contributed by atoms with Gasteiger partial charge in [0.25, 0.3) is 0 Å². The smallest absolute Gasteiger partial charge is 0.302 e. The molecule has 0 bridgehead atoms. The maximum atomic E-state index is 9.98. The maximum Gasteiger partial charge on any atom is 0.302 e. The Kier molecular flexibility index (Phi) is 35.3. The van der Waals surface area contributed by atoms with Crippen molar-refractivity contribution in [2.75, 3.05) is 13.2 Å². The monoisotopic (exact) mass is 264 g/mol. The third-order valence-corrected chi connectivity index (χ3v) is 0.509. The molecule has 0 rings (SSSR count). The SMILES string of the molecule is CC(C)=O.CC(C)=O.CCCOC(C)=O.CCO. The molecule has 5 nitrogen and oxygen atoms in total. The minimum Gasteiger partial charge on any atom is -0.466 e. The quantitative estimate of drug-likeness (QED) is 0.773. The van der Waals surface area contributed by atoms with Gasteiger partial charge < -0.3 is 19.4 Å². The summed E-state index contributed by atoms with van der Waals surface area (Å²) < 4.78 is 4.55. The summed E-state index contributed by atoms with van der Waals surface area (Å²) in [5.41, 5.74) is 0. The Morgan fingerprint density at radius 3 is 1.17 bits per heavy atom. The summed E-state index contributed by atoms with van der Waals surface area (Å²) in [6, 6.07) is 0. The third kappa shape index (κ3) is 365. The van der Waals surface area contributed by atoms with Crippen molar-refractivity contribution in [3.63, 3.8) is 0 Å². The van der Waals surface area contributed by atoms with E-state index in [9.17, 15) is 14.4 Å². The molecule has 0 aromatic heterocycles. The lowest BCUT2D eigenvalue weighted by molar-refractivity contribution is -0.141. The minimum atomic E-state index is -0.193. The molecule has 0 heterocycles. The standard InChI is InChI=1S/C5H10O2.2C3H6O.C2H6O/c1-3-4-7-5(2)6;2*1-3(2)4;1-2-3/h3-4H2,1-2H3;2*1-2H3;3H,2H2,1H3. The van der Waals surface area contributed by atoms with Crippen molar-refractivity contribution in [1.29, 1.82) is 0 Å². The number of ether oxygens (including phenoxy) is 1. The average molecular weight is 264 g/mol. The Morgan fingerprint density at radius 2 is 1.11 bits per heavy atom. The molecule has 5 heteroatoms. The van der Waals surface area contributed by atoms with Crippen molar-refractivity contribution in [2.24, 2.45) is 0 Å². The highest BCUT2D eigenvalue weighted by molar-refractivity contribution is 5.72. The second-order valence-corrected chi connectivity index (χ2v) is 3.47. The van der Waals surface area contributed by atoms with E-state index in [-0.39, 0.29) is 24.1 Å². The predicted molar refractivity (Wildman–Crippen MR) is 72.4 cm³/mol. The van der Waals surface area contributed by atoms with Gasteiger partial charge in [0.2, 0.25) is 0 Å². The number of esters is 1. The number of ketones is 2. The summed E-state index contributed by atoms with van der Waals surface area (Å²) in [6.45, 7) is 12.0. The number of carbonyl (C=O) groups excluding carboxylic acids is 3. The van der Waals surface area contributed by atoms with E-state index in [2.05, 4.69) is 4.74 Å². The first-order valence-electron chi connectivity index (χ1n) is 5.84. The van der Waals surface area contributed by atoms with Crippen LogP contribution in [0.2, 0.25) is 0 Å². The molecule has 0 spiro atoms. The molecule has 0 aliphatic heterocycles. The minimum absolute atomic E-state index is 0.167. The lowest BCUT2D eigenvalue weighted by atomic mass is 10.5. The summed E-state index contributed by atoms with van der Waals surface area (Å²) in [4.78, 5) is 28.9. The van der Waals surface area contributed by atoms with Crippen molar-refractivity contribution >= 4 is 17.5 Å². The third-order valence-electron chi connectivity index (χ3n) is 0.509. The number of aliphatic hydroxyl groups excluding tert-OH is 1. The molecule has 18 heavy (non-hydrogen) atoms. The summed E-state index contributed by atoms with van der Waals surface area (Å²) in [5.74, 6) is 0.141. The summed E-state index contributed by atoms with van der Waals surface area (Å²) in [6.07, 6.45) is 0.902. The van der Waals surface area contributed by atoms with Gasteiger partial charge in [-0.05, 0) is 41.0 Å². The molecular weight excluding hydrogens is 236 g/mol. The zero-order valence-corrected chi connectivity index (χ0v) is 12.7. The van der Waals surface area contributed by atoms with Crippen molar-refractivity contribution in [3.8, 4) is 0 Å². The molecule has 110 valence electrons. The van der Waals surface area contributed by atoms with E-state index in [0.29, 0.717) is 6.61 Å². The molecule has 0 fully saturated rings. The van der Waals surface area contributed by atoms with E-state index in [4.69, 9.17) is 5.11 Å². The number of carbonyl (C=O) groups is 3. The largest absolute Gasteiger partial charge is 0.466 e. The van der Waals surface area contributed by atoms with E-state index in [1.165, 1.54) is 34.6 Å². The van der Waals surface area contributed by atoms with Gasteiger partial charge in [0.05, 0.1) is 6.61 Å². The highest BCUT2D eigenvalue weighted by Crippen LogP contribution is 1.78. The van der Waals surface area contributed by atoms with Crippen molar-refractivity contribution in [2.45, 2.75) is 54.9 Å². The van der Waals surface area contributed by atoms with Gasteiger partial charge >= 0.3 is 5.97 Å². The van der Waals surface area contributed by atoms with Gasteiger partial charge in [-0.25, -0.2) is 0 Å². The van der Waals surface area contributed by atoms with Gasteiger partial charge in [-0.3, -0.25) is 4.79 Å². The molecule has 1 N–H and O–H groups in total. The Morgan fingerprint density at radius 1 is 0.889 bits per heavy atom. The van der Waals surface area contributed by atoms with Crippen molar-refractivity contribution in [1.82, 2.24) is 0 Å². The predicted octanol–water partition coefficient (Wildman–Crippen LogP) is 2.15. The van der Waals surface area contributed by atoms with E-state index in [0.717, 1.165) is 6.42 Å². The molecule has 0 aliphatic carbocycles. The highest BCUT2D eigenvalue weighted by atomic mass is 16.5. The summed E-state index contributed by atoms with van der Waals surface area (Å²) in [5, 5.41) is 7.57. The first-order chi connectivity index (χ1) is 8.15. The van der Waals surface area contributed by atoms with Crippen LogP contribution in [0.15, 0.2) is 0 Å². The lowest BCUT2D eigenvalue weighted by Crippen LogP contribution is -1.98. The van der Waals surface area contributed by atoms with Gasteiger partial charge in [0.1, 0.15) is 11.6 Å². The molecule has 0 atom stereocenters. The van der Waals surface area contributed by atoms with Crippen molar-refractivity contribution < 1.29 is 24.2 Å². The fourth-order valence-corrected chi connectivity index (χ4v) is 0.246. The van der Waals surface area contributed by atoms with Crippen LogP contribution in [0.3, 0.4) is 0 Å². The van der Waals surface area contributed by atoms with Gasteiger partial charge in [-0.15, -0.1) is 0 Å². The molecule has 0 amide bonds. The number of Topliss-reactive ketones (excluding diaryl/α,β-unsaturated/α-hetero) is 2. The second kappa shape index (κ2) is 24.8. The molecule has 0 aliphatic rings. The van der Waals surface area contributed by atoms with Gasteiger partial charge in [-0.1, -0.05) is 6.92 Å². The van der Waals surface area contributed by atoms with Crippen LogP contribution >= 0.6 is 0 Å². The topological polar surface area (TPSA) is 80.7 Å². The van der Waals surface area contributed by atoms with Gasteiger partial charge in [-0.2, -0.15) is 0 Å². The van der Waals surface area contributed by atoms with Gasteiger partial charge in [0.15, 0.2) is 0 Å². The van der Waals surface area contributed by atoms with E-state index in [1.807, 2.05) is 6.92 Å². The number of rotatable bonds is 2. The Hall–Kier alpha value is -1.23. The first-order valence-corrected chi connectivity index (χ1v) is 5.84. The summed E-state index contributed by atoms with van der Waals surface area (Å²) in [7, 11) is 0. The lowest BCUT2D eigenvalue weighted by Gasteiger charge is -1.93. The molecule has 0 saturated carbocycles. The second-order valence-electron chi connectivity index (χ2n) is 3.47. The Labute approximate surface area is 111 Å². The fraction of sp³-hybridized carbons (Fsp3) is 0.769. The van der Waals surface area contributed by atoms with Crippen LogP contribution in [-0.4, -0.2) is 35.9 Å². The van der Waals surface area contributed by atoms with E-state index < -0.39 is 0 Å². The normalized spacial score (nSPS) is 7.11. The van der Waals surface area contributed by atoms with Crippen LogP contribution in [0.4, 0.5) is 0 Å². The highest BCUT2D eigenvalue weighted by Gasteiger charge is 1.85. The number of aliphatic hydroxyl groups is 1. The zero-order chi connectivity index (χ0) is 15.6. The molecule has 0 saturated heterocycles. The maximum absolute atomic E-state index is 9.98. The van der Waals surface area contributed by atoms with Crippen LogP contribution in [0.5, 0.6) is 0 Å².